The molecule has 27 heavy (non-hydrogen) atoms. The fraction of sp³-hybridized carbons (Fsp3) is 0.381. The first kappa shape index (κ1) is 17.7. The van der Waals surface area contributed by atoms with Crippen molar-refractivity contribution < 1.29 is 9.53 Å². The zero-order chi connectivity index (χ0) is 19.0. The molecule has 0 atom stereocenters. The van der Waals surface area contributed by atoms with E-state index in [1.54, 1.807) is 11.6 Å². The van der Waals surface area contributed by atoms with Crippen molar-refractivity contribution >= 4 is 17.4 Å². The molecule has 0 unspecified atom stereocenters. The number of rotatable bonds is 5. The fourth-order valence-electron chi connectivity index (χ4n) is 3.86. The zero-order valence-corrected chi connectivity index (χ0v) is 16.0. The molecule has 1 aliphatic carbocycles. The van der Waals surface area contributed by atoms with Gasteiger partial charge in [-0.25, -0.2) is 4.98 Å². The molecule has 0 spiro atoms. The van der Waals surface area contributed by atoms with E-state index in [9.17, 15) is 4.79 Å². The van der Waals surface area contributed by atoms with Crippen LogP contribution in [0.2, 0.25) is 0 Å². The zero-order valence-electron chi connectivity index (χ0n) is 16.0. The number of amides is 1. The monoisotopic (exact) mass is 364 g/mol. The Balaban J connectivity index is 1.86. The molecule has 0 bridgehead atoms. The molecule has 2 aromatic heterocycles. The van der Waals surface area contributed by atoms with Crippen LogP contribution in [0.15, 0.2) is 36.4 Å². The number of nitrogens with one attached hydrogen (secondary N) is 1. The summed E-state index contributed by atoms with van der Waals surface area (Å²) in [6.07, 6.45) is 2.74. The molecule has 1 fully saturated rings. The average molecular weight is 364 g/mol. The van der Waals surface area contributed by atoms with Gasteiger partial charge in [0.2, 0.25) is 5.91 Å². The molecule has 6 heteroatoms. The third-order valence-corrected chi connectivity index (χ3v) is 5.41. The summed E-state index contributed by atoms with van der Waals surface area (Å²) in [5.41, 5.74) is 3.90. The van der Waals surface area contributed by atoms with Crippen molar-refractivity contribution in [1.82, 2.24) is 14.6 Å². The molecule has 6 nitrogen and oxygen atoms in total. The number of aromatic nitrogens is 3. The van der Waals surface area contributed by atoms with Crippen molar-refractivity contribution in [3.63, 3.8) is 0 Å². The number of carbonyl (C=O) groups is 1. The number of nitrogens with zero attached hydrogens (tertiary/aromatic N) is 3. The third kappa shape index (κ3) is 3.00. The number of fused-ring (bicyclic) bond motifs is 1. The van der Waals surface area contributed by atoms with Crippen LogP contribution in [0.1, 0.15) is 30.7 Å². The van der Waals surface area contributed by atoms with Crippen LogP contribution in [-0.4, -0.2) is 34.2 Å². The summed E-state index contributed by atoms with van der Waals surface area (Å²) in [7, 11) is 1.65. The average Bonchev–Trinajstić information content (AvgIpc) is 2.98. The highest BCUT2D eigenvalue weighted by Crippen LogP contribution is 2.43. The number of ether oxygens (including phenoxy) is 1. The van der Waals surface area contributed by atoms with Gasteiger partial charge in [-0.3, -0.25) is 4.79 Å². The van der Waals surface area contributed by atoms with Gasteiger partial charge in [0.05, 0.1) is 23.4 Å². The number of hydrogen-bond donors (Lipinski definition) is 1. The molecule has 0 aliphatic heterocycles. The van der Waals surface area contributed by atoms with E-state index in [0.29, 0.717) is 12.4 Å². The van der Waals surface area contributed by atoms with Crippen molar-refractivity contribution in [2.24, 2.45) is 5.41 Å². The Morgan fingerprint density at radius 3 is 2.63 bits per heavy atom. The van der Waals surface area contributed by atoms with E-state index in [1.807, 2.05) is 50.2 Å². The van der Waals surface area contributed by atoms with Gasteiger partial charge in [-0.1, -0.05) is 36.8 Å². The van der Waals surface area contributed by atoms with Gasteiger partial charge in [0, 0.05) is 18.7 Å². The number of carbonyl (C=O) groups excluding carboxylic acids is 1. The van der Waals surface area contributed by atoms with Crippen molar-refractivity contribution in [3.05, 3.63) is 47.8 Å². The summed E-state index contributed by atoms with van der Waals surface area (Å²) in [6.45, 7) is 4.33. The second kappa shape index (κ2) is 6.78. The van der Waals surface area contributed by atoms with Crippen LogP contribution in [0.4, 0.5) is 5.82 Å². The highest BCUT2D eigenvalue weighted by atomic mass is 16.5. The molecule has 0 radical (unpaired) electrons. The second-order valence-corrected chi connectivity index (χ2v) is 7.36. The number of hydrogen-bond acceptors (Lipinski definition) is 4. The van der Waals surface area contributed by atoms with Crippen molar-refractivity contribution in [1.29, 1.82) is 0 Å². The molecule has 1 amide bonds. The van der Waals surface area contributed by atoms with Crippen LogP contribution in [-0.2, 0) is 9.53 Å². The first-order chi connectivity index (χ1) is 13.0. The summed E-state index contributed by atoms with van der Waals surface area (Å²) in [5, 5.41) is 7.75. The minimum atomic E-state index is -0.450. The van der Waals surface area contributed by atoms with Crippen LogP contribution in [0.3, 0.4) is 0 Å². The molecule has 2 heterocycles. The summed E-state index contributed by atoms with van der Waals surface area (Å²) in [6, 6.07) is 11.9. The lowest BCUT2D eigenvalue weighted by Crippen LogP contribution is -2.45. The molecular weight excluding hydrogens is 340 g/mol. The lowest BCUT2D eigenvalue weighted by Gasteiger charge is -2.39. The van der Waals surface area contributed by atoms with Crippen LogP contribution in [0.25, 0.3) is 16.8 Å². The van der Waals surface area contributed by atoms with Crippen molar-refractivity contribution in [3.8, 4) is 11.1 Å². The molecule has 1 N–H and O–H groups in total. The van der Waals surface area contributed by atoms with Gasteiger partial charge in [0.25, 0.3) is 0 Å². The van der Waals surface area contributed by atoms with Gasteiger partial charge in [0.1, 0.15) is 5.82 Å². The van der Waals surface area contributed by atoms with E-state index >= 15 is 0 Å². The molecule has 1 aliphatic rings. The topological polar surface area (TPSA) is 68.5 Å². The Morgan fingerprint density at radius 2 is 2.00 bits per heavy atom. The van der Waals surface area contributed by atoms with E-state index < -0.39 is 5.41 Å². The van der Waals surface area contributed by atoms with E-state index in [1.165, 1.54) is 0 Å². The largest absolute Gasteiger partial charge is 0.384 e. The maximum atomic E-state index is 13.2. The Labute approximate surface area is 158 Å². The van der Waals surface area contributed by atoms with Crippen LogP contribution < -0.4 is 5.32 Å². The van der Waals surface area contributed by atoms with Gasteiger partial charge in [-0.2, -0.15) is 9.61 Å². The normalized spacial score (nSPS) is 15.5. The Hall–Kier alpha value is -2.73. The molecule has 3 aromatic rings. The summed E-state index contributed by atoms with van der Waals surface area (Å²) < 4.78 is 7.08. The number of methoxy groups -OCH3 is 1. The van der Waals surface area contributed by atoms with Crippen LogP contribution in [0.5, 0.6) is 0 Å². The van der Waals surface area contributed by atoms with Crippen molar-refractivity contribution in [2.45, 2.75) is 33.1 Å². The van der Waals surface area contributed by atoms with E-state index in [2.05, 4.69) is 10.4 Å². The summed E-state index contributed by atoms with van der Waals surface area (Å²) in [5.74, 6) is 0.664. The van der Waals surface area contributed by atoms with Crippen LogP contribution in [0, 0.1) is 19.3 Å². The first-order valence-corrected chi connectivity index (χ1v) is 9.27. The Bertz CT molecular complexity index is 990. The van der Waals surface area contributed by atoms with Gasteiger partial charge >= 0.3 is 0 Å². The highest BCUT2D eigenvalue weighted by Gasteiger charge is 2.44. The van der Waals surface area contributed by atoms with Crippen molar-refractivity contribution in [2.75, 3.05) is 19.0 Å². The molecule has 140 valence electrons. The summed E-state index contributed by atoms with van der Waals surface area (Å²) in [4.78, 5) is 17.9. The maximum absolute atomic E-state index is 13.2. The van der Waals surface area contributed by atoms with E-state index in [4.69, 9.17) is 9.72 Å². The Kier molecular flexibility index (Phi) is 4.44. The van der Waals surface area contributed by atoms with Gasteiger partial charge in [-0.05, 0) is 32.3 Å². The SMILES string of the molecule is COCC1(C(=O)Nc2c(-c3ccccc3)c(C)nc3cc(C)nn23)CCC1. The highest BCUT2D eigenvalue weighted by molar-refractivity contribution is 5.99. The minimum absolute atomic E-state index is 0.00664. The first-order valence-electron chi connectivity index (χ1n) is 9.27. The molecular formula is C21H24N4O2. The fourth-order valence-corrected chi connectivity index (χ4v) is 3.86. The lowest BCUT2D eigenvalue weighted by molar-refractivity contribution is -0.134. The molecule has 1 saturated carbocycles. The smallest absolute Gasteiger partial charge is 0.234 e. The lowest BCUT2D eigenvalue weighted by atomic mass is 9.68. The number of aryl methyl sites for hydroxylation is 2. The van der Waals surface area contributed by atoms with E-state index in [0.717, 1.165) is 47.4 Å². The minimum Gasteiger partial charge on any atom is -0.384 e. The Morgan fingerprint density at radius 1 is 1.26 bits per heavy atom. The van der Waals surface area contributed by atoms with E-state index in [-0.39, 0.29) is 5.91 Å². The molecule has 1 aromatic carbocycles. The predicted octanol–water partition coefficient (Wildman–Crippen LogP) is 3.77. The van der Waals surface area contributed by atoms with Crippen LogP contribution >= 0.6 is 0 Å². The quantitative estimate of drug-likeness (QED) is 0.748. The number of benzene rings is 1. The third-order valence-electron chi connectivity index (χ3n) is 5.41. The molecule has 4 rings (SSSR count). The van der Waals surface area contributed by atoms with Gasteiger partial charge in [-0.15, -0.1) is 0 Å². The number of anilines is 1. The molecule has 0 saturated heterocycles. The maximum Gasteiger partial charge on any atom is 0.234 e. The summed E-state index contributed by atoms with van der Waals surface area (Å²) >= 11 is 0. The predicted molar refractivity (Wildman–Crippen MR) is 105 cm³/mol. The second-order valence-electron chi connectivity index (χ2n) is 7.36. The van der Waals surface area contributed by atoms with Gasteiger partial charge in [0.15, 0.2) is 5.65 Å². The van der Waals surface area contributed by atoms with Gasteiger partial charge < -0.3 is 10.1 Å². The standard InChI is InChI=1S/C21H24N4O2/c1-14-12-17-22-15(2)18(16-8-5-4-6-9-16)19(25(17)24-14)23-20(26)21(13-27-3)10-7-11-21/h4-6,8-9,12H,7,10-11,13H2,1-3H3,(H,23,26).